The van der Waals surface area contributed by atoms with Crippen LogP contribution in [0.4, 0.5) is 5.69 Å². The molecule has 0 bridgehead atoms. The van der Waals surface area contributed by atoms with Gasteiger partial charge in [-0.2, -0.15) is 0 Å². The van der Waals surface area contributed by atoms with Crippen molar-refractivity contribution < 1.29 is 18.3 Å². The molecule has 0 aromatic heterocycles. The number of carbonyl (C=O) groups is 1. The Kier molecular flexibility index (Phi) is 4.74. The first kappa shape index (κ1) is 16.1. The van der Waals surface area contributed by atoms with Gasteiger partial charge in [0.25, 0.3) is 10.0 Å². The van der Waals surface area contributed by atoms with E-state index in [1.54, 1.807) is 18.2 Å². The lowest BCUT2D eigenvalue weighted by molar-refractivity contribution is 0.0697. The monoisotopic (exact) mass is 437 g/mol. The lowest BCUT2D eigenvalue weighted by Crippen LogP contribution is -2.14. The average Bonchev–Trinajstić information content (AvgIpc) is 2.38. The number of aromatic carboxylic acids is 1. The van der Waals surface area contributed by atoms with Crippen LogP contribution in [0.5, 0.6) is 0 Å². The molecule has 0 radical (unpaired) electrons. The molecular formula is C13H9ClINO4S. The highest BCUT2D eigenvalue weighted by Crippen LogP contribution is 2.25. The molecule has 0 saturated carbocycles. The Morgan fingerprint density at radius 2 is 1.86 bits per heavy atom. The van der Waals surface area contributed by atoms with E-state index in [4.69, 9.17) is 16.7 Å². The Morgan fingerprint density at radius 3 is 2.43 bits per heavy atom. The molecule has 0 fully saturated rings. The summed E-state index contributed by atoms with van der Waals surface area (Å²) in [7, 11) is -3.76. The van der Waals surface area contributed by atoms with E-state index < -0.39 is 16.0 Å². The highest BCUT2D eigenvalue weighted by Gasteiger charge is 2.18. The highest BCUT2D eigenvalue weighted by atomic mass is 127. The maximum atomic E-state index is 12.3. The Bertz CT molecular complexity index is 808. The van der Waals surface area contributed by atoms with E-state index in [9.17, 15) is 13.2 Å². The summed E-state index contributed by atoms with van der Waals surface area (Å²) in [6, 6.07) is 10.4. The largest absolute Gasteiger partial charge is 0.478 e. The number of carboxylic acid groups (broad SMARTS) is 1. The summed E-state index contributed by atoms with van der Waals surface area (Å²) in [4.78, 5) is 11.0. The number of carboxylic acids is 1. The molecule has 2 aromatic rings. The Labute approximate surface area is 140 Å². The number of nitrogens with one attached hydrogen (secondary N) is 1. The van der Waals surface area contributed by atoms with Gasteiger partial charge in [-0.25, -0.2) is 13.2 Å². The fourth-order valence-corrected chi connectivity index (χ4v) is 4.27. The first-order valence-electron chi connectivity index (χ1n) is 5.61. The van der Waals surface area contributed by atoms with Gasteiger partial charge < -0.3 is 5.11 Å². The molecule has 110 valence electrons. The van der Waals surface area contributed by atoms with Gasteiger partial charge in [-0.15, -0.1) is 0 Å². The van der Waals surface area contributed by atoms with Crippen LogP contribution in [0.25, 0.3) is 0 Å². The number of hydrogen-bond acceptors (Lipinski definition) is 3. The summed E-state index contributed by atoms with van der Waals surface area (Å²) in [5.41, 5.74) is 0.110. The van der Waals surface area contributed by atoms with Gasteiger partial charge >= 0.3 is 5.97 Å². The van der Waals surface area contributed by atoms with Crippen molar-refractivity contribution in [2.75, 3.05) is 4.72 Å². The molecule has 21 heavy (non-hydrogen) atoms. The SMILES string of the molecule is O=C(O)c1ccc(NS(=O)(=O)c2ccccc2I)cc1Cl. The third-order valence-corrected chi connectivity index (χ3v) is 5.64. The third-order valence-electron chi connectivity index (χ3n) is 2.58. The predicted octanol–water partition coefficient (Wildman–Crippen LogP) is 3.44. The van der Waals surface area contributed by atoms with Gasteiger partial charge in [-0.3, -0.25) is 4.72 Å². The van der Waals surface area contributed by atoms with E-state index in [-0.39, 0.29) is 21.2 Å². The fourth-order valence-electron chi connectivity index (χ4n) is 1.62. The van der Waals surface area contributed by atoms with E-state index in [1.165, 1.54) is 24.3 Å². The Hall–Kier alpha value is -1.32. The van der Waals surface area contributed by atoms with E-state index in [2.05, 4.69) is 4.72 Å². The summed E-state index contributed by atoms with van der Waals surface area (Å²) in [6.07, 6.45) is 0. The van der Waals surface area contributed by atoms with Crippen molar-refractivity contribution in [1.82, 2.24) is 0 Å². The standard InChI is InChI=1S/C13H9ClINO4S/c14-10-7-8(5-6-9(10)13(17)18)16-21(19,20)12-4-2-1-3-11(12)15/h1-7,16H,(H,17,18). The summed E-state index contributed by atoms with van der Waals surface area (Å²) >= 11 is 7.74. The fraction of sp³-hybridized carbons (Fsp3) is 0. The van der Waals surface area contributed by atoms with Crippen molar-refractivity contribution in [3.8, 4) is 0 Å². The molecule has 0 aliphatic heterocycles. The van der Waals surface area contributed by atoms with Crippen molar-refractivity contribution in [3.63, 3.8) is 0 Å². The van der Waals surface area contributed by atoms with Gasteiger partial charge in [-0.1, -0.05) is 23.7 Å². The van der Waals surface area contributed by atoms with Crippen LogP contribution in [0.15, 0.2) is 47.4 Å². The zero-order valence-corrected chi connectivity index (χ0v) is 14.1. The van der Waals surface area contributed by atoms with Gasteiger partial charge in [-0.05, 0) is 52.9 Å². The molecule has 0 aliphatic rings. The molecule has 2 rings (SSSR count). The molecule has 0 spiro atoms. The van der Waals surface area contributed by atoms with Crippen molar-refractivity contribution in [1.29, 1.82) is 0 Å². The molecule has 0 atom stereocenters. The molecule has 0 unspecified atom stereocenters. The van der Waals surface area contributed by atoms with E-state index in [0.29, 0.717) is 3.57 Å². The minimum atomic E-state index is -3.76. The van der Waals surface area contributed by atoms with Crippen LogP contribution in [0.2, 0.25) is 5.02 Å². The summed E-state index contributed by atoms with van der Waals surface area (Å²) in [6.45, 7) is 0. The topological polar surface area (TPSA) is 83.5 Å². The number of rotatable bonds is 4. The zero-order chi connectivity index (χ0) is 15.6. The number of hydrogen-bond donors (Lipinski definition) is 2. The molecule has 2 aromatic carbocycles. The van der Waals surface area contributed by atoms with Gasteiger partial charge in [0.2, 0.25) is 0 Å². The molecule has 5 nitrogen and oxygen atoms in total. The van der Waals surface area contributed by atoms with Crippen molar-refractivity contribution >= 4 is 55.9 Å². The van der Waals surface area contributed by atoms with Crippen molar-refractivity contribution in [2.24, 2.45) is 0 Å². The van der Waals surface area contributed by atoms with Gasteiger partial charge in [0, 0.05) is 3.57 Å². The predicted molar refractivity (Wildman–Crippen MR) is 88.4 cm³/mol. The van der Waals surface area contributed by atoms with E-state index in [0.717, 1.165) is 0 Å². The maximum absolute atomic E-state index is 12.3. The van der Waals surface area contributed by atoms with Gasteiger partial charge in [0.05, 0.1) is 16.3 Å². The first-order chi connectivity index (χ1) is 9.81. The summed E-state index contributed by atoms with van der Waals surface area (Å²) in [5, 5.41) is 8.84. The smallest absolute Gasteiger partial charge is 0.337 e. The number of halogens is 2. The van der Waals surface area contributed by atoms with Crippen LogP contribution >= 0.6 is 34.2 Å². The Morgan fingerprint density at radius 1 is 1.19 bits per heavy atom. The molecule has 0 heterocycles. The van der Waals surface area contributed by atoms with Crippen LogP contribution in [0.1, 0.15) is 10.4 Å². The van der Waals surface area contributed by atoms with Crippen LogP contribution in [-0.4, -0.2) is 19.5 Å². The lowest BCUT2D eigenvalue weighted by atomic mass is 10.2. The zero-order valence-electron chi connectivity index (χ0n) is 10.4. The van der Waals surface area contributed by atoms with Crippen LogP contribution < -0.4 is 4.72 Å². The highest BCUT2D eigenvalue weighted by molar-refractivity contribution is 14.1. The van der Waals surface area contributed by atoms with Crippen molar-refractivity contribution in [3.05, 3.63) is 56.6 Å². The lowest BCUT2D eigenvalue weighted by Gasteiger charge is -2.10. The average molecular weight is 438 g/mol. The van der Waals surface area contributed by atoms with E-state index in [1.807, 2.05) is 22.6 Å². The van der Waals surface area contributed by atoms with Crippen LogP contribution in [0, 0.1) is 3.57 Å². The second-order valence-electron chi connectivity index (χ2n) is 4.04. The summed E-state index contributed by atoms with van der Waals surface area (Å²) in [5.74, 6) is -1.17. The second kappa shape index (κ2) is 6.20. The molecule has 8 heteroatoms. The number of benzene rings is 2. The van der Waals surface area contributed by atoms with Gasteiger partial charge in [0.1, 0.15) is 4.90 Å². The van der Waals surface area contributed by atoms with Crippen LogP contribution in [-0.2, 0) is 10.0 Å². The number of anilines is 1. The molecule has 0 aliphatic carbocycles. The van der Waals surface area contributed by atoms with Crippen molar-refractivity contribution in [2.45, 2.75) is 4.90 Å². The second-order valence-corrected chi connectivity index (χ2v) is 7.26. The minimum Gasteiger partial charge on any atom is -0.478 e. The first-order valence-corrected chi connectivity index (χ1v) is 8.55. The molecule has 0 saturated heterocycles. The molecular weight excluding hydrogens is 429 g/mol. The maximum Gasteiger partial charge on any atom is 0.337 e. The minimum absolute atomic E-state index is 0.0366. The summed E-state index contributed by atoms with van der Waals surface area (Å²) < 4.78 is 27.5. The quantitative estimate of drug-likeness (QED) is 0.718. The van der Waals surface area contributed by atoms with Gasteiger partial charge in [0.15, 0.2) is 0 Å². The van der Waals surface area contributed by atoms with E-state index >= 15 is 0 Å². The third kappa shape index (κ3) is 3.66. The number of sulfonamides is 1. The van der Waals surface area contributed by atoms with Crippen LogP contribution in [0.3, 0.4) is 0 Å². The Balaban J connectivity index is 2.36. The normalized spacial score (nSPS) is 11.1. The molecule has 0 amide bonds. The molecule has 2 N–H and O–H groups in total.